The SMILES string of the molecule is Nc1ccc(CC2CN(C(=O)O)CCN(C(=O)O)CCN(C(=O)O)CCN(C(=O)O)CCN(C(=O)O)CCN2C(=O)O)cc1. The molecule has 0 radical (unpaired) electrons. The van der Waals surface area contributed by atoms with E-state index in [4.69, 9.17) is 5.73 Å². The highest BCUT2D eigenvalue weighted by Gasteiger charge is 2.30. The summed E-state index contributed by atoms with van der Waals surface area (Å²) in [6.45, 7) is -4.20. The molecule has 0 aromatic heterocycles. The number of hydrogen-bond acceptors (Lipinski definition) is 7. The van der Waals surface area contributed by atoms with Crippen molar-refractivity contribution in [1.82, 2.24) is 29.4 Å². The van der Waals surface area contributed by atoms with Gasteiger partial charge in [-0.05, 0) is 24.1 Å². The average Bonchev–Trinajstić information content (AvgIpc) is 2.93. The minimum Gasteiger partial charge on any atom is -0.465 e. The Bertz CT molecular complexity index is 1180. The van der Waals surface area contributed by atoms with Gasteiger partial charge in [-0.3, -0.25) is 0 Å². The number of nitrogen functional groups attached to an aromatic ring is 1. The number of benzene rings is 1. The maximum absolute atomic E-state index is 12.4. The molecule has 1 heterocycles. The highest BCUT2D eigenvalue weighted by molar-refractivity contribution is 5.69. The summed E-state index contributed by atoms with van der Waals surface area (Å²) in [4.78, 5) is 77.0. The molecule has 0 aliphatic carbocycles. The fraction of sp³-hybridized carbons (Fsp3) is 0.520. The first-order valence-electron chi connectivity index (χ1n) is 13.4. The van der Waals surface area contributed by atoms with Crippen LogP contribution in [0.5, 0.6) is 0 Å². The van der Waals surface area contributed by atoms with Crippen LogP contribution in [0.15, 0.2) is 24.3 Å². The summed E-state index contributed by atoms with van der Waals surface area (Å²) in [6, 6.07) is 5.33. The van der Waals surface area contributed by atoms with E-state index in [0.717, 1.165) is 29.4 Å². The summed E-state index contributed by atoms with van der Waals surface area (Å²) in [6.07, 6.45) is -8.76. The third-order valence-corrected chi connectivity index (χ3v) is 7.09. The highest BCUT2D eigenvalue weighted by Crippen LogP contribution is 2.15. The van der Waals surface area contributed by atoms with Gasteiger partial charge in [0.2, 0.25) is 0 Å². The van der Waals surface area contributed by atoms with Crippen molar-refractivity contribution in [2.75, 3.05) is 77.7 Å². The number of nitrogens with two attached hydrogens (primary N) is 1. The van der Waals surface area contributed by atoms with E-state index < -0.39 is 68.8 Å². The van der Waals surface area contributed by atoms with Crippen LogP contribution in [0.2, 0.25) is 0 Å². The molecule has 0 bridgehead atoms. The Balaban J connectivity index is 2.49. The number of rotatable bonds is 2. The Morgan fingerprint density at radius 2 is 0.841 bits per heavy atom. The van der Waals surface area contributed by atoms with Gasteiger partial charge in [0.05, 0.1) is 6.04 Å². The van der Waals surface area contributed by atoms with Crippen molar-refractivity contribution in [3.05, 3.63) is 29.8 Å². The fourth-order valence-electron chi connectivity index (χ4n) is 4.56. The van der Waals surface area contributed by atoms with Gasteiger partial charge in [-0.1, -0.05) is 12.1 Å². The Kier molecular flexibility index (Phi) is 12.9. The molecular weight excluding hydrogens is 590 g/mol. The molecule has 0 saturated carbocycles. The van der Waals surface area contributed by atoms with Crippen molar-refractivity contribution in [3.8, 4) is 0 Å². The van der Waals surface area contributed by atoms with Crippen LogP contribution < -0.4 is 5.73 Å². The fourth-order valence-corrected chi connectivity index (χ4v) is 4.56. The van der Waals surface area contributed by atoms with E-state index in [2.05, 4.69) is 0 Å². The van der Waals surface area contributed by atoms with Gasteiger partial charge in [-0.25, -0.2) is 28.8 Å². The molecule has 1 aromatic carbocycles. The summed E-state index contributed by atoms with van der Waals surface area (Å²) in [7, 11) is 0. The van der Waals surface area contributed by atoms with Crippen LogP contribution in [-0.4, -0.2) is 175 Å². The molecule has 6 amide bonds. The van der Waals surface area contributed by atoms with Gasteiger partial charge in [0.25, 0.3) is 0 Å². The maximum atomic E-state index is 12.4. The predicted molar refractivity (Wildman–Crippen MR) is 151 cm³/mol. The zero-order chi connectivity index (χ0) is 33.0. The maximum Gasteiger partial charge on any atom is 0.407 e. The molecule has 1 saturated heterocycles. The van der Waals surface area contributed by atoms with E-state index in [0.29, 0.717) is 11.3 Å². The lowest BCUT2D eigenvalue weighted by molar-refractivity contribution is 0.0795. The van der Waals surface area contributed by atoms with E-state index in [9.17, 15) is 59.4 Å². The molecular formula is C25H37N7O12. The molecule has 2 rings (SSSR count). The van der Waals surface area contributed by atoms with Gasteiger partial charge in [-0.15, -0.1) is 0 Å². The standard InChI is InChI=1S/C25H37N7O12/c26-18-3-1-17(2-4-18)15-19-16-31(24(41)42)12-11-29(22(37)38)8-7-27(20(33)34)5-6-28(21(35)36)9-10-30(23(39)40)13-14-32(19)25(43)44/h1-4,19H,5-16,26H2,(H,33,34)(H,35,36)(H,37,38)(H,39,40)(H,41,42)(H,43,44). The number of hydrogen-bond donors (Lipinski definition) is 7. The molecule has 0 spiro atoms. The van der Waals surface area contributed by atoms with Gasteiger partial charge in [0.1, 0.15) is 0 Å². The first kappa shape index (κ1) is 34.8. The lowest BCUT2D eigenvalue weighted by Crippen LogP contribution is -2.53. The number of nitrogens with zero attached hydrogens (tertiary/aromatic N) is 6. The zero-order valence-corrected chi connectivity index (χ0v) is 23.8. The molecule has 1 unspecified atom stereocenters. The van der Waals surface area contributed by atoms with Crippen LogP contribution in [0.4, 0.5) is 34.5 Å². The first-order chi connectivity index (χ1) is 20.7. The van der Waals surface area contributed by atoms with Crippen molar-refractivity contribution in [2.45, 2.75) is 12.5 Å². The second-order valence-corrected chi connectivity index (χ2v) is 9.88. The molecule has 44 heavy (non-hydrogen) atoms. The van der Waals surface area contributed by atoms with Crippen molar-refractivity contribution < 1.29 is 59.4 Å². The zero-order valence-electron chi connectivity index (χ0n) is 23.8. The summed E-state index contributed by atoms with van der Waals surface area (Å²) in [5.74, 6) is 0. The average molecular weight is 628 g/mol. The third kappa shape index (κ3) is 10.8. The predicted octanol–water partition coefficient (Wildman–Crippen LogP) is 1.07. The van der Waals surface area contributed by atoms with E-state index in [-0.39, 0.29) is 52.2 Å². The van der Waals surface area contributed by atoms with Crippen molar-refractivity contribution in [1.29, 1.82) is 0 Å². The van der Waals surface area contributed by atoms with Crippen LogP contribution in [-0.2, 0) is 6.42 Å². The van der Waals surface area contributed by atoms with Gasteiger partial charge < -0.3 is 65.8 Å². The largest absolute Gasteiger partial charge is 0.465 e. The van der Waals surface area contributed by atoms with Gasteiger partial charge in [0.15, 0.2) is 0 Å². The summed E-state index contributed by atoms with van der Waals surface area (Å²) >= 11 is 0. The monoisotopic (exact) mass is 627 g/mol. The Morgan fingerprint density at radius 3 is 1.16 bits per heavy atom. The van der Waals surface area contributed by atoms with E-state index in [1.54, 1.807) is 24.3 Å². The lowest BCUT2D eigenvalue weighted by atomic mass is 10.0. The molecule has 1 aromatic rings. The Hall–Kier alpha value is -5.36. The number of anilines is 1. The Labute approximate surface area is 251 Å². The van der Waals surface area contributed by atoms with E-state index in [1.165, 1.54) is 0 Å². The second-order valence-electron chi connectivity index (χ2n) is 9.88. The molecule has 244 valence electrons. The molecule has 19 heteroatoms. The summed E-state index contributed by atoms with van der Waals surface area (Å²) < 4.78 is 0. The van der Waals surface area contributed by atoms with Gasteiger partial charge in [0, 0.05) is 77.7 Å². The molecule has 1 fully saturated rings. The van der Waals surface area contributed by atoms with Crippen molar-refractivity contribution >= 4 is 42.2 Å². The van der Waals surface area contributed by atoms with Crippen LogP contribution in [0, 0.1) is 0 Å². The van der Waals surface area contributed by atoms with E-state index >= 15 is 0 Å². The normalized spacial score (nSPS) is 18.2. The van der Waals surface area contributed by atoms with Crippen LogP contribution >= 0.6 is 0 Å². The number of carboxylic acid groups (broad SMARTS) is 6. The molecule has 8 N–H and O–H groups in total. The number of carbonyl (C=O) groups is 6. The smallest absolute Gasteiger partial charge is 0.407 e. The summed E-state index contributed by atoms with van der Waals surface area (Å²) in [5.41, 5.74) is 6.77. The minimum atomic E-state index is -1.47. The molecule has 1 aliphatic rings. The van der Waals surface area contributed by atoms with Crippen LogP contribution in [0.1, 0.15) is 5.56 Å². The van der Waals surface area contributed by atoms with Crippen molar-refractivity contribution in [3.63, 3.8) is 0 Å². The number of amides is 6. The molecule has 1 atom stereocenters. The van der Waals surface area contributed by atoms with Crippen LogP contribution in [0.3, 0.4) is 0 Å². The highest BCUT2D eigenvalue weighted by atomic mass is 16.4. The lowest BCUT2D eigenvalue weighted by Gasteiger charge is -2.35. The third-order valence-electron chi connectivity index (χ3n) is 7.09. The van der Waals surface area contributed by atoms with Gasteiger partial charge >= 0.3 is 36.6 Å². The molecule has 19 nitrogen and oxygen atoms in total. The minimum absolute atomic E-state index is 0.00750. The van der Waals surface area contributed by atoms with E-state index in [1.807, 2.05) is 0 Å². The van der Waals surface area contributed by atoms with Crippen molar-refractivity contribution in [2.24, 2.45) is 0 Å². The summed E-state index contributed by atoms with van der Waals surface area (Å²) in [5, 5.41) is 58.6. The topological polar surface area (TPSA) is 269 Å². The first-order valence-corrected chi connectivity index (χ1v) is 13.4. The Morgan fingerprint density at radius 1 is 0.523 bits per heavy atom. The van der Waals surface area contributed by atoms with Gasteiger partial charge in [-0.2, -0.15) is 0 Å². The van der Waals surface area contributed by atoms with Crippen LogP contribution in [0.25, 0.3) is 0 Å². The second kappa shape index (κ2) is 16.3. The quantitative estimate of drug-likeness (QED) is 0.226. The molecule has 1 aliphatic heterocycles.